The van der Waals surface area contributed by atoms with Crippen molar-refractivity contribution in [1.82, 2.24) is 10.2 Å². The Morgan fingerprint density at radius 1 is 1.10 bits per heavy atom. The fraction of sp³-hybridized carbons (Fsp3) is 0.429. The summed E-state index contributed by atoms with van der Waals surface area (Å²) >= 11 is 0. The Labute approximate surface area is 177 Å². The topological polar surface area (TPSA) is 76.9 Å². The third-order valence-electron chi connectivity index (χ3n) is 5.20. The van der Waals surface area contributed by atoms with Gasteiger partial charge in [0, 0.05) is 24.7 Å². The number of likely N-dealkylation sites (tertiary alicyclic amines) is 1. The maximum absolute atomic E-state index is 11.5. The third kappa shape index (κ3) is 5.59. The molecule has 1 N–H and O–H groups in total. The van der Waals surface area contributed by atoms with Gasteiger partial charge in [-0.15, -0.1) is 12.4 Å². The summed E-state index contributed by atoms with van der Waals surface area (Å²) in [6.07, 6.45) is 2.43. The summed E-state index contributed by atoms with van der Waals surface area (Å²) in [6, 6.07) is 13.8. The molecule has 3 rings (SSSR count). The molecule has 0 aromatic heterocycles. The Morgan fingerprint density at radius 2 is 1.72 bits per heavy atom. The van der Waals surface area contributed by atoms with Gasteiger partial charge in [-0.1, -0.05) is 30.3 Å². The summed E-state index contributed by atoms with van der Waals surface area (Å²) in [4.78, 5) is 13.6. The molecule has 0 bridgehead atoms. The molecule has 0 saturated carbocycles. The van der Waals surface area contributed by atoms with E-state index in [4.69, 9.17) is 9.47 Å². The Bertz CT molecular complexity index is 798. The zero-order valence-electron chi connectivity index (χ0n) is 16.8. The lowest BCUT2D eigenvalue weighted by Gasteiger charge is -2.28. The van der Waals surface area contributed by atoms with Gasteiger partial charge in [0.1, 0.15) is 0 Å². The summed E-state index contributed by atoms with van der Waals surface area (Å²) in [6.45, 7) is 3.26. The molecule has 0 aliphatic carbocycles. The minimum absolute atomic E-state index is 0. The van der Waals surface area contributed by atoms with Crippen LogP contribution in [0.25, 0.3) is 0 Å². The highest BCUT2D eigenvalue weighted by atomic mass is 35.5. The molecule has 1 heterocycles. The molecule has 1 aliphatic rings. The number of nitrogens with zero attached hydrogens (tertiary/aromatic N) is 2. The Morgan fingerprint density at radius 3 is 2.31 bits per heavy atom. The molecule has 1 atom stereocenters. The SMILES string of the molecule is COc1cc(CNCC(c2ccccc2)N2CCCC2)c([N+](=O)[O-])cc1OC.Cl. The second kappa shape index (κ2) is 11.0. The van der Waals surface area contributed by atoms with Crippen molar-refractivity contribution in [3.63, 3.8) is 0 Å². The number of benzene rings is 2. The van der Waals surface area contributed by atoms with Crippen molar-refractivity contribution in [1.29, 1.82) is 0 Å². The number of nitrogens with one attached hydrogen (secondary N) is 1. The van der Waals surface area contributed by atoms with Crippen LogP contribution in [0, 0.1) is 10.1 Å². The van der Waals surface area contributed by atoms with Crippen LogP contribution in [0.1, 0.15) is 30.0 Å². The number of hydrogen-bond donors (Lipinski definition) is 1. The molecule has 8 heteroatoms. The van der Waals surface area contributed by atoms with Crippen molar-refractivity contribution in [3.05, 3.63) is 63.7 Å². The van der Waals surface area contributed by atoms with Crippen LogP contribution in [0.2, 0.25) is 0 Å². The average Bonchev–Trinajstić information content (AvgIpc) is 3.25. The van der Waals surface area contributed by atoms with E-state index in [2.05, 4.69) is 34.5 Å². The van der Waals surface area contributed by atoms with E-state index in [0.717, 1.165) is 19.6 Å². The number of ether oxygens (including phenoxy) is 2. The molecule has 0 spiro atoms. The summed E-state index contributed by atoms with van der Waals surface area (Å²) in [5, 5.41) is 14.9. The van der Waals surface area contributed by atoms with Crippen molar-refractivity contribution < 1.29 is 14.4 Å². The van der Waals surface area contributed by atoms with Crippen LogP contribution >= 0.6 is 12.4 Å². The molecule has 1 unspecified atom stereocenters. The van der Waals surface area contributed by atoms with Gasteiger partial charge in [0.15, 0.2) is 11.5 Å². The van der Waals surface area contributed by atoms with Crippen molar-refractivity contribution in [3.8, 4) is 11.5 Å². The minimum atomic E-state index is -0.381. The molecule has 2 aromatic rings. The van der Waals surface area contributed by atoms with Gasteiger partial charge in [0.25, 0.3) is 5.69 Å². The molecule has 2 aromatic carbocycles. The lowest BCUT2D eigenvalue weighted by atomic mass is 10.1. The number of nitro benzene ring substituents is 1. The van der Waals surface area contributed by atoms with E-state index >= 15 is 0 Å². The second-order valence-electron chi connectivity index (χ2n) is 6.89. The van der Waals surface area contributed by atoms with Crippen LogP contribution in [-0.2, 0) is 6.54 Å². The lowest BCUT2D eigenvalue weighted by molar-refractivity contribution is -0.385. The maximum Gasteiger partial charge on any atom is 0.277 e. The highest BCUT2D eigenvalue weighted by molar-refractivity contribution is 5.85. The molecule has 7 nitrogen and oxygen atoms in total. The summed E-state index contributed by atoms with van der Waals surface area (Å²) in [5.74, 6) is 0.848. The molecule has 0 radical (unpaired) electrons. The first-order valence-corrected chi connectivity index (χ1v) is 9.53. The predicted octanol–water partition coefficient (Wildman–Crippen LogP) is 3.96. The molecule has 1 aliphatic heterocycles. The van der Waals surface area contributed by atoms with Crippen LogP contribution in [0.5, 0.6) is 11.5 Å². The lowest BCUT2D eigenvalue weighted by Crippen LogP contribution is -2.34. The normalized spacial score (nSPS) is 14.8. The number of hydrogen-bond acceptors (Lipinski definition) is 6. The van der Waals surface area contributed by atoms with Crippen LogP contribution in [-0.4, -0.2) is 43.7 Å². The fourth-order valence-electron chi connectivity index (χ4n) is 3.75. The fourth-order valence-corrected chi connectivity index (χ4v) is 3.75. The van der Waals surface area contributed by atoms with E-state index in [9.17, 15) is 10.1 Å². The zero-order chi connectivity index (χ0) is 19.9. The second-order valence-corrected chi connectivity index (χ2v) is 6.89. The van der Waals surface area contributed by atoms with Crippen LogP contribution in [0.4, 0.5) is 5.69 Å². The summed E-state index contributed by atoms with van der Waals surface area (Å²) in [5.41, 5.74) is 1.87. The smallest absolute Gasteiger partial charge is 0.277 e. The van der Waals surface area contributed by atoms with Gasteiger partial charge in [0.05, 0.1) is 25.2 Å². The van der Waals surface area contributed by atoms with E-state index < -0.39 is 0 Å². The Hall–Kier alpha value is -2.35. The zero-order valence-corrected chi connectivity index (χ0v) is 17.6. The van der Waals surface area contributed by atoms with Gasteiger partial charge in [-0.25, -0.2) is 0 Å². The standard InChI is InChI=1S/C21H27N3O4.ClH/c1-27-20-12-17(18(24(25)26)13-21(20)28-2)14-22-15-19(23-10-6-7-11-23)16-8-4-3-5-9-16;/h3-5,8-9,12-13,19,22H,6-7,10-11,14-15H2,1-2H3;1H. The van der Waals surface area contributed by atoms with E-state index in [1.54, 1.807) is 6.07 Å². The van der Waals surface area contributed by atoms with E-state index in [-0.39, 0.29) is 29.1 Å². The van der Waals surface area contributed by atoms with Crippen molar-refractivity contribution in [2.24, 2.45) is 0 Å². The molecule has 1 saturated heterocycles. The molecule has 29 heavy (non-hydrogen) atoms. The minimum Gasteiger partial charge on any atom is -0.493 e. The van der Waals surface area contributed by atoms with Gasteiger partial charge in [0.2, 0.25) is 0 Å². The number of nitro groups is 1. The Balaban J connectivity index is 0.00000300. The van der Waals surface area contributed by atoms with Gasteiger partial charge in [-0.2, -0.15) is 0 Å². The molecule has 158 valence electrons. The largest absolute Gasteiger partial charge is 0.493 e. The number of methoxy groups -OCH3 is 2. The molecule has 1 fully saturated rings. The molecular weight excluding hydrogens is 394 g/mol. The predicted molar refractivity (Wildman–Crippen MR) is 115 cm³/mol. The summed E-state index contributed by atoms with van der Waals surface area (Å²) in [7, 11) is 3.00. The quantitative estimate of drug-likeness (QED) is 0.487. The highest BCUT2D eigenvalue weighted by Crippen LogP contribution is 2.34. The monoisotopic (exact) mass is 421 g/mol. The van der Waals surface area contributed by atoms with Crippen LogP contribution < -0.4 is 14.8 Å². The molecular formula is C21H28ClN3O4. The molecule has 0 amide bonds. The first-order chi connectivity index (χ1) is 13.6. The van der Waals surface area contributed by atoms with Crippen molar-refractivity contribution >= 4 is 18.1 Å². The van der Waals surface area contributed by atoms with Crippen LogP contribution in [0.3, 0.4) is 0 Å². The van der Waals surface area contributed by atoms with E-state index in [1.165, 1.54) is 38.7 Å². The number of rotatable bonds is 9. The average molecular weight is 422 g/mol. The van der Waals surface area contributed by atoms with Gasteiger partial charge in [-0.05, 0) is 37.6 Å². The van der Waals surface area contributed by atoms with Gasteiger partial charge >= 0.3 is 0 Å². The van der Waals surface area contributed by atoms with E-state index in [1.807, 2.05) is 6.07 Å². The summed E-state index contributed by atoms with van der Waals surface area (Å²) < 4.78 is 10.5. The van der Waals surface area contributed by atoms with Crippen LogP contribution in [0.15, 0.2) is 42.5 Å². The maximum atomic E-state index is 11.5. The van der Waals surface area contributed by atoms with E-state index in [0.29, 0.717) is 23.6 Å². The first kappa shape index (κ1) is 22.9. The van der Waals surface area contributed by atoms with Crippen molar-refractivity contribution in [2.45, 2.75) is 25.4 Å². The number of halogens is 1. The van der Waals surface area contributed by atoms with Gasteiger partial charge in [-0.3, -0.25) is 15.0 Å². The van der Waals surface area contributed by atoms with Crippen molar-refractivity contribution in [2.75, 3.05) is 33.9 Å². The third-order valence-corrected chi connectivity index (χ3v) is 5.20. The highest BCUT2D eigenvalue weighted by Gasteiger charge is 2.24. The Kier molecular flexibility index (Phi) is 8.70. The first-order valence-electron chi connectivity index (χ1n) is 9.53. The van der Waals surface area contributed by atoms with Gasteiger partial charge < -0.3 is 14.8 Å².